The summed E-state index contributed by atoms with van der Waals surface area (Å²) in [6.45, 7) is 0.213. The molecule has 0 bridgehead atoms. The van der Waals surface area contributed by atoms with E-state index in [0.29, 0.717) is 17.9 Å². The molecule has 3 aromatic rings. The summed E-state index contributed by atoms with van der Waals surface area (Å²) in [5.41, 5.74) is 2.80. The molecule has 6 nitrogen and oxygen atoms in total. The summed E-state index contributed by atoms with van der Waals surface area (Å²) in [5, 5.41) is 6.13. The summed E-state index contributed by atoms with van der Waals surface area (Å²) in [4.78, 5) is 13.0. The van der Waals surface area contributed by atoms with Crippen LogP contribution in [0.1, 0.15) is 34.1 Å². The average Bonchev–Trinajstić information content (AvgIpc) is 3.47. The van der Waals surface area contributed by atoms with Gasteiger partial charge in [0, 0.05) is 6.42 Å². The first-order chi connectivity index (χ1) is 13.3. The molecule has 1 aromatic heterocycles. The average molecular weight is 360 g/mol. The number of amides is 1. The maximum atomic E-state index is 13.0. The third-order valence-electron chi connectivity index (χ3n) is 4.74. The highest BCUT2D eigenvalue weighted by molar-refractivity contribution is 6.04. The van der Waals surface area contributed by atoms with Crippen LogP contribution in [0.15, 0.2) is 76.4 Å². The van der Waals surface area contributed by atoms with Crippen molar-refractivity contribution in [3.63, 3.8) is 0 Å². The Labute approximate surface area is 155 Å². The topological polar surface area (TPSA) is 64.3 Å². The summed E-state index contributed by atoms with van der Waals surface area (Å²) in [5.74, 6) is 1.39. The van der Waals surface area contributed by atoms with E-state index in [1.807, 2.05) is 48.5 Å². The maximum Gasteiger partial charge on any atom is 0.310 e. The molecule has 27 heavy (non-hydrogen) atoms. The Balaban J connectivity index is 1.54. The quantitative estimate of drug-likeness (QED) is 0.708. The molecule has 0 fully saturated rings. The highest BCUT2D eigenvalue weighted by atomic mass is 16.7. The molecule has 1 unspecified atom stereocenters. The van der Waals surface area contributed by atoms with E-state index in [9.17, 15) is 4.79 Å². The van der Waals surface area contributed by atoms with Gasteiger partial charge < -0.3 is 13.9 Å². The molecule has 2 aliphatic heterocycles. The lowest BCUT2D eigenvalue weighted by Crippen LogP contribution is -2.26. The molecule has 1 amide bonds. The van der Waals surface area contributed by atoms with Crippen molar-refractivity contribution in [3.05, 3.63) is 83.8 Å². The van der Waals surface area contributed by atoms with Gasteiger partial charge in [-0.1, -0.05) is 36.4 Å². The van der Waals surface area contributed by atoms with Crippen LogP contribution in [-0.4, -0.2) is 23.4 Å². The smallest absolute Gasteiger partial charge is 0.310 e. The highest BCUT2D eigenvalue weighted by Gasteiger charge is 2.35. The third kappa shape index (κ3) is 2.75. The van der Waals surface area contributed by atoms with Crippen LogP contribution in [-0.2, 0) is 0 Å². The predicted molar refractivity (Wildman–Crippen MR) is 97.8 cm³/mol. The van der Waals surface area contributed by atoms with Gasteiger partial charge in [0.2, 0.25) is 6.79 Å². The molecule has 0 saturated carbocycles. The first-order valence-corrected chi connectivity index (χ1v) is 8.69. The Hall–Kier alpha value is -3.54. The van der Waals surface area contributed by atoms with E-state index in [0.717, 1.165) is 16.8 Å². The van der Waals surface area contributed by atoms with Gasteiger partial charge in [-0.05, 0) is 35.4 Å². The maximum absolute atomic E-state index is 13.0. The predicted octanol–water partition coefficient (Wildman–Crippen LogP) is 4.00. The minimum Gasteiger partial charge on any atom is -0.459 e. The van der Waals surface area contributed by atoms with Crippen molar-refractivity contribution in [3.8, 4) is 11.5 Å². The number of ether oxygens (including phenoxy) is 2. The van der Waals surface area contributed by atoms with Crippen molar-refractivity contribution < 1.29 is 18.7 Å². The number of nitrogens with zero attached hydrogens (tertiary/aromatic N) is 2. The largest absolute Gasteiger partial charge is 0.459 e. The summed E-state index contributed by atoms with van der Waals surface area (Å²) >= 11 is 0. The van der Waals surface area contributed by atoms with Crippen LogP contribution >= 0.6 is 0 Å². The van der Waals surface area contributed by atoms with E-state index >= 15 is 0 Å². The van der Waals surface area contributed by atoms with E-state index < -0.39 is 0 Å². The van der Waals surface area contributed by atoms with Gasteiger partial charge in [-0.15, -0.1) is 0 Å². The van der Waals surface area contributed by atoms with Crippen LogP contribution in [0, 0.1) is 0 Å². The van der Waals surface area contributed by atoms with E-state index in [4.69, 9.17) is 13.9 Å². The number of carbonyl (C=O) groups is 1. The van der Waals surface area contributed by atoms with Crippen molar-refractivity contribution in [1.82, 2.24) is 5.01 Å². The van der Waals surface area contributed by atoms with Gasteiger partial charge in [-0.3, -0.25) is 4.79 Å². The fourth-order valence-electron chi connectivity index (χ4n) is 3.40. The minimum atomic E-state index is -0.270. The van der Waals surface area contributed by atoms with Gasteiger partial charge in [-0.25, -0.2) is 5.01 Å². The molecule has 2 aliphatic rings. The summed E-state index contributed by atoms with van der Waals surface area (Å²) in [6, 6.07) is 18.7. The lowest BCUT2D eigenvalue weighted by Gasteiger charge is -2.21. The van der Waals surface area contributed by atoms with Crippen LogP contribution in [0.2, 0.25) is 0 Å². The fraction of sp³-hybridized carbons (Fsp3) is 0.143. The van der Waals surface area contributed by atoms with E-state index in [1.165, 1.54) is 11.3 Å². The number of carbonyl (C=O) groups excluding carboxylic acids is 1. The molecular formula is C21H16N2O4. The Bertz CT molecular complexity index is 1010. The Morgan fingerprint density at radius 3 is 2.67 bits per heavy atom. The molecule has 3 heterocycles. The second kappa shape index (κ2) is 6.32. The number of benzene rings is 2. The lowest BCUT2D eigenvalue weighted by atomic mass is 9.98. The van der Waals surface area contributed by atoms with Gasteiger partial charge in [0.05, 0.1) is 18.0 Å². The summed E-state index contributed by atoms with van der Waals surface area (Å²) in [7, 11) is 0. The van der Waals surface area contributed by atoms with Crippen molar-refractivity contribution in [2.45, 2.75) is 12.5 Å². The minimum absolute atomic E-state index is 0.213. The Morgan fingerprint density at radius 2 is 1.85 bits per heavy atom. The molecule has 0 spiro atoms. The third-order valence-corrected chi connectivity index (χ3v) is 4.74. The van der Waals surface area contributed by atoms with Crippen molar-refractivity contribution in [2.75, 3.05) is 6.79 Å². The van der Waals surface area contributed by atoms with Crippen LogP contribution < -0.4 is 9.47 Å². The van der Waals surface area contributed by atoms with Crippen molar-refractivity contribution in [2.24, 2.45) is 5.10 Å². The molecule has 0 saturated heterocycles. The zero-order valence-electron chi connectivity index (χ0n) is 14.4. The first-order valence-electron chi connectivity index (χ1n) is 8.69. The number of hydrazone groups is 1. The van der Waals surface area contributed by atoms with Gasteiger partial charge in [0.15, 0.2) is 17.3 Å². The van der Waals surface area contributed by atoms with Gasteiger partial charge in [0.25, 0.3) is 0 Å². The van der Waals surface area contributed by atoms with Gasteiger partial charge in [-0.2, -0.15) is 5.10 Å². The lowest BCUT2D eigenvalue weighted by molar-refractivity contribution is 0.0678. The zero-order valence-corrected chi connectivity index (χ0v) is 14.4. The molecule has 0 aliphatic carbocycles. The van der Waals surface area contributed by atoms with Crippen LogP contribution in [0.3, 0.4) is 0 Å². The molecule has 134 valence electrons. The summed E-state index contributed by atoms with van der Waals surface area (Å²) in [6.07, 6.45) is 2.09. The normalized spacial score (nSPS) is 17.9. The van der Waals surface area contributed by atoms with Gasteiger partial charge in [0.1, 0.15) is 0 Å². The van der Waals surface area contributed by atoms with E-state index in [1.54, 1.807) is 12.1 Å². The standard InChI is InChI=1S/C21H16N2O4/c24-21(19-7-4-10-25-19)23-17(12-16(22-23)14-5-2-1-3-6-14)15-8-9-18-20(11-15)27-13-26-18/h1-11,17H,12-13H2. The Kier molecular flexibility index (Phi) is 3.67. The zero-order chi connectivity index (χ0) is 18.2. The highest BCUT2D eigenvalue weighted by Crippen LogP contribution is 2.39. The number of rotatable bonds is 3. The molecule has 5 rings (SSSR count). The Morgan fingerprint density at radius 1 is 1.00 bits per heavy atom. The first kappa shape index (κ1) is 15.7. The van der Waals surface area contributed by atoms with Crippen molar-refractivity contribution >= 4 is 11.6 Å². The van der Waals surface area contributed by atoms with Crippen LogP contribution in [0.5, 0.6) is 11.5 Å². The van der Waals surface area contributed by atoms with Gasteiger partial charge >= 0.3 is 5.91 Å². The monoisotopic (exact) mass is 360 g/mol. The number of fused-ring (bicyclic) bond motifs is 1. The summed E-state index contributed by atoms with van der Waals surface area (Å²) < 4.78 is 16.2. The molecule has 0 N–H and O–H groups in total. The molecule has 1 atom stereocenters. The van der Waals surface area contributed by atoms with E-state index in [2.05, 4.69) is 5.10 Å². The molecule has 0 radical (unpaired) electrons. The molecular weight excluding hydrogens is 344 g/mol. The SMILES string of the molecule is O=C(c1ccco1)N1N=C(c2ccccc2)CC1c1ccc2c(c1)OCO2. The van der Waals surface area contributed by atoms with E-state index in [-0.39, 0.29) is 24.5 Å². The number of furan rings is 1. The molecule has 2 aromatic carbocycles. The number of hydrogen-bond donors (Lipinski definition) is 0. The second-order valence-corrected chi connectivity index (χ2v) is 6.37. The molecule has 6 heteroatoms. The van der Waals surface area contributed by atoms with Crippen LogP contribution in [0.4, 0.5) is 0 Å². The van der Waals surface area contributed by atoms with Crippen molar-refractivity contribution in [1.29, 1.82) is 0 Å². The second-order valence-electron chi connectivity index (χ2n) is 6.37. The van der Waals surface area contributed by atoms with Crippen LogP contribution in [0.25, 0.3) is 0 Å². The number of hydrogen-bond acceptors (Lipinski definition) is 5. The fourth-order valence-corrected chi connectivity index (χ4v) is 3.40.